The first-order valence-electron chi connectivity index (χ1n) is 7.47. The van der Waals surface area contributed by atoms with Crippen LogP contribution in [0.25, 0.3) is 21.5 Å². The summed E-state index contributed by atoms with van der Waals surface area (Å²) in [5, 5.41) is 5.69. The number of amides is 1. The van der Waals surface area contributed by atoms with Crippen LogP contribution in [0.4, 0.5) is 5.13 Å². The molecule has 0 radical (unpaired) electrons. The summed E-state index contributed by atoms with van der Waals surface area (Å²) in [5.74, 6) is -0.525. The van der Waals surface area contributed by atoms with Gasteiger partial charge in [-0.1, -0.05) is 18.2 Å². The number of nitrogens with zero attached hydrogens (tertiary/aromatic N) is 1. The molecule has 3 aromatic heterocycles. The fourth-order valence-electron chi connectivity index (χ4n) is 2.40. The number of thiophene rings is 1. The van der Waals surface area contributed by atoms with Crippen LogP contribution in [0.3, 0.4) is 0 Å². The molecule has 4 aromatic rings. The zero-order chi connectivity index (χ0) is 17.4. The number of anilines is 1. The summed E-state index contributed by atoms with van der Waals surface area (Å²) >= 11 is 2.96. The summed E-state index contributed by atoms with van der Waals surface area (Å²) in [6.45, 7) is 2.03. The molecule has 0 unspecified atom stereocenters. The molecule has 0 spiro atoms. The average Bonchev–Trinajstić information content (AvgIpc) is 3.23. The smallest absolute Gasteiger partial charge is 0.349 e. The van der Waals surface area contributed by atoms with Gasteiger partial charge >= 0.3 is 5.63 Å². The molecule has 4 rings (SSSR count). The van der Waals surface area contributed by atoms with Gasteiger partial charge in [-0.25, -0.2) is 9.78 Å². The number of hydrogen-bond acceptors (Lipinski definition) is 6. The molecule has 0 saturated carbocycles. The summed E-state index contributed by atoms with van der Waals surface area (Å²) in [6, 6.07) is 12.6. The van der Waals surface area contributed by atoms with Crippen LogP contribution >= 0.6 is 22.7 Å². The van der Waals surface area contributed by atoms with Gasteiger partial charge in [-0.15, -0.1) is 22.7 Å². The maximum absolute atomic E-state index is 12.4. The quantitative estimate of drug-likeness (QED) is 0.539. The third kappa shape index (κ3) is 3.11. The molecule has 124 valence electrons. The molecule has 7 heteroatoms. The molecule has 1 aromatic carbocycles. The van der Waals surface area contributed by atoms with E-state index in [1.165, 1.54) is 22.3 Å². The minimum Gasteiger partial charge on any atom is -0.422 e. The highest BCUT2D eigenvalue weighted by atomic mass is 32.1. The van der Waals surface area contributed by atoms with E-state index in [4.69, 9.17) is 4.42 Å². The summed E-state index contributed by atoms with van der Waals surface area (Å²) < 4.78 is 5.20. The van der Waals surface area contributed by atoms with Crippen LogP contribution in [0.15, 0.2) is 57.1 Å². The standard InChI is InChI=1S/C18H12N2O3S2/c1-10-6-7-15(25-10)13-9-24-18(19-13)20-16(21)12-8-11-4-2-3-5-14(11)23-17(12)22/h2-9H,1H3,(H,19,20,21). The molecular weight excluding hydrogens is 356 g/mol. The van der Waals surface area contributed by atoms with Crippen molar-refractivity contribution in [3.05, 3.63) is 68.7 Å². The van der Waals surface area contributed by atoms with Gasteiger partial charge in [0.2, 0.25) is 0 Å². The Morgan fingerprint density at radius 2 is 2.04 bits per heavy atom. The molecule has 5 nitrogen and oxygen atoms in total. The number of nitrogens with one attached hydrogen (secondary N) is 1. The number of fused-ring (bicyclic) bond motifs is 1. The second kappa shape index (κ2) is 6.27. The van der Waals surface area contributed by atoms with Gasteiger partial charge in [-0.3, -0.25) is 10.1 Å². The fourth-order valence-corrected chi connectivity index (χ4v) is 4.01. The van der Waals surface area contributed by atoms with Crippen molar-refractivity contribution in [3.63, 3.8) is 0 Å². The Labute approximate surface area is 150 Å². The molecule has 0 aliphatic rings. The number of thiazole rings is 1. The zero-order valence-electron chi connectivity index (χ0n) is 13.1. The number of aryl methyl sites for hydroxylation is 1. The van der Waals surface area contributed by atoms with E-state index in [1.807, 2.05) is 30.5 Å². The van der Waals surface area contributed by atoms with Crippen LogP contribution in [0.1, 0.15) is 15.2 Å². The second-order valence-electron chi connectivity index (χ2n) is 5.39. The SMILES string of the molecule is Cc1ccc(-c2csc(NC(=O)c3cc4ccccc4oc3=O)n2)s1. The minimum absolute atomic E-state index is 0.0394. The first-order valence-corrected chi connectivity index (χ1v) is 9.16. The van der Waals surface area contributed by atoms with E-state index in [0.29, 0.717) is 16.1 Å². The Morgan fingerprint density at radius 3 is 2.84 bits per heavy atom. The van der Waals surface area contributed by atoms with Gasteiger partial charge in [0.05, 0.1) is 10.6 Å². The molecule has 0 saturated heterocycles. The Morgan fingerprint density at radius 1 is 1.20 bits per heavy atom. The van der Waals surface area contributed by atoms with Gasteiger partial charge in [0.1, 0.15) is 11.1 Å². The Bertz CT molecular complexity index is 1140. The summed E-state index contributed by atoms with van der Waals surface area (Å²) in [5.41, 5.74) is 0.557. The normalized spacial score (nSPS) is 10.9. The Balaban J connectivity index is 1.61. The lowest BCUT2D eigenvalue weighted by Gasteiger charge is -2.02. The van der Waals surface area contributed by atoms with Crippen molar-refractivity contribution in [1.82, 2.24) is 4.98 Å². The number of rotatable bonds is 3. The average molecular weight is 368 g/mol. The number of carbonyl (C=O) groups is 1. The van der Waals surface area contributed by atoms with Crippen molar-refractivity contribution in [2.75, 3.05) is 5.32 Å². The minimum atomic E-state index is -0.665. The summed E-state index contributed by atoms with van der Waals surface area (Å²) in [4.78, 5) is 31.1. The van der Waals surface area contributed by atoms with Gasteiger partial charge in [0.25, 0.3) is 5.91 Å². The third-order valence-electron chi connectivity index (χ3n) is 3.60. The van der Waals surface area contributed by atoms with E-state index in [1.54, 1.807) is 29.5 Å². The van der Waals surface area contributed by atoms with Crippen molar-refractivity contribution < 1.29 is 9.21 Å². The van der Waals surface area contributed by atoms with Gasteiger partial charge in [0.15, 0.2) is 5.13 Å². The van der Waals surface area contributed by atoms with Crippen molar-refractivity contribution in [3.8, 4) is 10.6 Å². The number of hydrogen-bond donors (Lipinski definition) is 1. The number of benzene rings is 1. The largest absolute Gasteiger partial charge is 0.422 e. The van der Waals surface area contributed by atoms with Crippen molar-refractivity contribution in [2.24, 2.45) is 0 Å². The third-order valence-corrected chi connectivity index (χ3v) is 5.38. The van der Waals surface area contributed by atoms with E-state index >= 15 is 0 Å². The first kappa shape index (κ1) is 15.7. The molecule has 3 heterocycles. The lowest BCUT2D eigenvalue weighted by Crippen LogP contribution is -2.20. The predicted molar refractivity (Wildman–Crippen MR) is 101 cm³/mol. The second-order valence-corrected chi connectivity index (χ2v) is 7.53. The van der Waals surface area contributed by atoms with Gasteiger partial charge in [-0.2, -0.15) is 0 Å². The van der Waals surface area contributed by atoms with Crippen molar-refractivity contribution >= 4 is 44.7 Å². The maximum Gasteiger partial charge on any atom is 0.349 e. The Kier molecular flexibility index (Phi) is 3.95. The highest BCUT2D eigenvalue weighted by Crippen LogP contribution is 2.30. The molecule has 0 aliphatic carbocycles. The highest BCUT2D eigenvalue weighted by molar-refractivity contribution is 7.17. The topological polar surface area (TPSA) is 72.2 Å². The van der Waals surface area contributed by atoms with Gasteiger partial charge < -0.3 is 4.42 Å². The van der Waals surface area contributed by atoms with Gasteiger partial charge in [-0.05, 0) is 31.2 Å². The summed E-state index contributed by atoms with van der Waals surface area (Å²) in [6.07, 6.45) is 0. The number of aromatic nitrogens is 1. The molecule has 0 aliphatic heterocycles. The zero-order valence-corrected chi connectivity index (χ0v) is 14.7. The van der Waals surface area contributed by atoms with E-state index in [0.717, 1.165) is 10.6 Å². The van der Waals surface area contributed by atoms with Crippen LogP contribution in [-0.2, 0) is 0 Å². The van der Waals surface area contributed by atoms with Crippen molar-refractivity contribution in [2.45, 2.75) is 6.92 Å². The number of carbonyl (C=O) groups excluding carboxylic acids is 1. The van der Waals surface area contributed by atoms with E-state index in [2.05, 4.69) is 10.3 Å². The molecule has 25 heavy (non-hydrogen) atoms. The number of para-hydroxylation sites is 1. The monoisotopic (exact) mass is 368 g/mol. The van der Waals surface area contributed by atoms with Crippen LogP contribution in [0.5, 0.6) is 0 Å². The molecule has 0 fully saturated rings. The van der Waals surface area contributed by atoms with E-state index < -0.39 is 11.5 Å². The van der Waals surface area contributed by atoms with Crippen molar-refractivity contribution in [1.29, 1.82) is 0 Å². The van der Waals surface area contributed by atoms with E-state index in [9.17, 15) is 9.59 Å². The van der Waals surface area contributed by atoms with Crippen LogP contribution in [0.2, 0.25) is 0 Å². The lowest BCUT2D eigenvalue weighted by atomic mass is 10.2. The lowest BCUT2D eigenvalue weighted by molar-refractivity contribution is 0.102. The highest BCUT2D eigenvalue weighted by Gasteiger charge is 2.16. The van der Waals surface area contributed by atoms with Crippen LogP contribution < -0.4 is 10.9 Å². The van der Waals surface area contributed by atoms with Gasteiger partial charge in [0, 0.05) is 15.6 Å². The first-order chi connectivity index (χ1) is 12.1. The fraction of sp³-hybridized carbons (Fsp3) is 0.0556. The predicted octanol–water partition coefficient (Wildman–Crippen LogP) is 4.54. The Hall–Kier alpha value is -2.77. The molecule has 0 bridgehead atoms. The molecule has 1 N–H and O–H groups in total. The van der Waals surface area contributed by atoms with E-state index in [-0.39, 0.29) is 5.56 Å². The molecule has 1 amide bonds. The van der Waals surface area contributed by atoms with Crippen LogP contribution in [-0.4, -0.2) is 10.9 Å². The summed E-state index contributed by atoms with van der Waals surface area (Å²) in [7, 11) is 0. The van der Waals surface area contributed by atoms with Crippen LogP contribution in [0, 0.1) is 6.92 Å². The maximum atomic E-state index is 12.4. The molecule has 0 atom stereocenters. The molecular formula is C18H12N2O3S2.